The van der Waals surface area contributed by atoms with Crippen molar-refractivity contribution in [3.8, 4) is 0 Å². The van der Waals surface area contributed by atoms with Gasteiger partial charge in [-0.1, -0.05) is 18.2 Å². The van der Waals surface area contributed by atoms with Crippen molar-refractivity contribution in [2.75, 3.05) is 12.4 Å². The monoisotopic (exact) mass is 304 g/mol. The van der Waals surface area contributed by atoms with E-state index in [2.05, 4.69) is 10.0 Å². The Balaban J connectivity index is 2.20. The summed E-state index contributed by atoms with van der Waals surface area (Å²) in [6.45, 7) is 1.90. The van der Waals surface area contributed by atoms with Gasteiger partial charge in [-0.05, 0) is 49.9 Å². The Morgan fingerprint density at radius 3 is 2.19 bits per heavy atom. The van der Waals surface area contributed by atoms with E-state index in [1.807, 2.05) is 31.2 Å². The van der Waals surface area contributed by atoms with Crippen LogP contribution in [0, 0.1) is 6.92 Å². The second kappa shape index (κ2) is 6.07. The second-order valence-electron chi connectivity index (χ2n) is 4.50. The van der Waals surface area contributed by atoms with Crippen LogP contribution in [0.4, 0.5) is 5.69 Å². The molecule has 0 unspecified atom stereocenters. The summed E-state index contributed by atoms with van der Waals surface area (Å²) in [5.74, 6) is -0.280. The summed E-state index contributed by atoms with van der Waals surface area (Å²) in [6.07, 6.45) is 0. The molecule has 0 saturated carbocycles. The highest BCUT2D eigenvalue weighted by molar-refractivity contribution is 7.89. The molecule has 1 amide bonds. The van der Waals surface area contributed by atoms with Crippen molar-refractivity contribution in [1.29, 1.82) is 0 Å². The molecule has 0 heterocycles. The third-order valence-electron chi connectivity index (χ3n) is 3.09. The third-order valence-corrected chi connectivity index (χ3v) is 4.52. The van der Waals surface area contributed by atoms with Crippen molar-refractivity contribution in [3.05, 3.63) is 59.7 Å². The fourth-order valence-corrected chi connectivity index (χ4v) is 2.54. The molecule has 0 spiro atoms. The zero-order valence-electron chi connectivity index (χ0n) is 11.8. The molecular formula is C15H16N2O3S. The van der Waals surface area contributed by atoms with Gasteiger partial charge in [0.1, 0.15) is 0 Å². The van der Waals surface area contributed by atoms with E-state index in [-0.39, 0.29) is 10.8 Å². The number of hydrogen-bond acceptors (Lipinski definition) is 3. The number of sulfonamides is 1. The quantitative estimate of drug-likeness (QED) is 0.909. The lowest BCUT2D eigenvalue weighted by atomic mass is 10.1. The number of para-hydroxylation sites is 1. The highest BCUT2D eigenvalue weighted by atomic mass is 32.2. The Labute approximate surface area is 124 Å². The highest BCUT2D eigenvalue weighted by Gasteiger charge is 2.13. The van der Waals surface area contributed by atoms with Crippen LogP contribution in [0.25, 0.3) is 0 Å². The fourth-order valence-electron chi connectivity index (χ4n) is 1.81. The van der Waals surface area contributed by atoms with Crippen molar-refractivity contribution in [2.45, 2.75) is 11.8 Å². The molecule has 0 fully saturated rings. The van der Waals surface area contributed by atoms with Gasteiger partial charge in [-0.15, -0.1) is 0 Å². The molecule has 2 rings (SSSR count). The van der Waals surface area contributed by atoms with E-state index in [4.69, 9.17) is 0 Å². The molecular weight excluding hydrogens is 288 g/mol. The number of carbonyl (C=O) groups is 1. The minimum Gasteiger partial charge on any atom is -0.322 e. The van der Waals surface area contributed by atoms with Crippen molar-refractivity contribution in [1.82, 2.24) is 4.72 Å². The van der Waals surface area contributed by atoms with Gasteiger partial charge < -0.3 is 5.32 Å². The van der Waals surface area contributed by atoms with Gasteiger partial charge in [0, 0.05) is 11.3 Å². The van der Waals surface area contributed by atoms with Gasteiger partial charge in [0.05, 0.1) is 4.90 Å². The minimum atomic E-state index is -3.49. The molecule has 2 aromatic carbocycles. The lowest BCUT2D eigenvalue weighted by Crippen LogP contribution is -2.19. The summed E-state index contributed by atoms with van der Waals surface area (Å²) in [5.41, 5.74) is 2.09. The number of anilines is 1. The summed E-state index contributed by atoms with van der Waals surface area (Å²) < 4.78 is 25.4. The number of aryl methyl sites for hydroxylation is 1. The van der Waals surface area contributed by atoms with Crippen LogP contribution in [-0.2, 0) is 10.0 Å². The van der Waals surface area contributed by atoms with E-state index in [1.165, 1.54) is 31.3 Å². The van der Waals surface area contributed by atoms with Crippen molar-refractivity contribution in [3.63, 3.8) is 0 Å². The Morgan fingerprint density at radius 1 is 1.00 bits per heavy atom. The maximum absolute atomic E-state index is 12.1. The molecule has 21 heavy (non-hydrogen) atoms. The molecule has 0 radical (unpaired) electrons. The molecule has 0 aromatic heterocycles. The average Bonchev–Trinajstić information content (AvgIpc) is 2.49. The number of nitrogens with one attached hydrogen (secondary N) is 2. The Morgan fingerprint density at radius 2 is 1.62 bits per heavy atom. The molecule has 6 heteroatoms. The predicted octanol–water partition coefficient (Wildman–Crippen LogP) is 2.16. The average molecular weight is 304 g/mol. The molecule has 0 atom stereocenters. The zero-order valence-corrected chi connectivity index (χ0v) is 12.6. The summed E-state index contributed by atoms with van der Waals surface area (Å²) in [4.78, 5) is 12.2. The number of carbonyl (C=O) groups excluding carboxylic acids is 1. The molecule has 2 aromatic rings. The van der Waals surface area contributed by atoms with Crippen LogP contribution in [0.1, 0.15) is 15.9 Å². The van der Waals surface area contributed by atoms with Crippen molar-refractivity contribution >= 4 is 21.6 Å². The van der Waals surface area contributed by atoms with Gasteiger partial charge in [0.15, 0.2) is 0 Å². The molecule has 2 N–H and O–H groups in total. The number of amides is 1. The Hall–Kier alpha value is -2.18. The van der Waals surface area contributed by atoms with Gasteiger partial charge >= 0.3 is 0 Å². The molecule has 0 aliphatic heterocycles. The smallest absolute Gasteiger partial charge is 0.255 e. The fraction of sp³-hybridized carbons (Fsp3) is 0.133. The SMILES string of the molecule is CNS(=O)(=O)c1ccc(C(=O)Nc2ccccc2C)cc1. The molecule has 0 saturated heterocycles. The largest absolute Gasteiger partial charge is 0.322 e. The minimum absolute atomic E-state index is 0.123. The van der Waals surface area contributed by atoms with Gasteiger partial charge in [0.2, 0.25) is 10.0 Å². The van der Waals surface area contributed by atoms with E-state index in [9.17, 15) is 13.2 Å². The van der Waals surface area contributed by atoms with Crippen LogP contribution < -0.4 is 10.0 Å². The van der Waals surface area contributed by atoms with E-state index in [0.29, 0.717) is 5.56 Å². The summed E-state index contributed by atoms with van der Waals surface area (Å²) in [5, 5.41) is 2.79. The standard InChI is InChI=1S/C15H16N2O3S/c1-11-5-3-4-6-14(11)17-15(18)12-7-9-13(10-8-12)21(19,20)16-2/h3-10,16H,1-2H3,(H,17,18). The molecule has 0 aliphatic rings. The first-order valence-corrected chi connectivity index (χ1v) is 7.83. The van der Waals surface area contributed by atoms with E-state index in [0.717, 1.165) is 11.3 Å². The van der Waals surface area contributed by atoms with Crippen LogP contribution in [0.3, 0.4) is 0 Å². The van der Waals surface area contributed by atoms with Crippen molar-refractivity contribution in [2.24, 2.45) is 0 Å². The van der Waals surface area contributed by atoms with Gasteiger partial charge in [-0.2, -0.15) is 0 Å². The van der Waals surface area contributed by atoms with Gasteiger partial charge in [0.25, 0.3) is 5.91 Å². The van der Waals surface area contributed by atoms with Crippen LogP contribution >= 0.6 is 0 Å². The van der Waals surface area contributed by atoms with Gasteiger partial charge in [-0.3, -0.25) is 4.79 Å². The topological polar surface area (TPSA) is 75.3 Å². The number of rotatable bonds is 4. The lowest BCUT2D eigenvalue weighted by Gasteiger charge is -2.08. The van der Waals surface area contributed by atoms with Crippen LogP contribution in [0.15, 0.2) is 53.4 Å². The number of hydrogen-bond donors (Lipinski definition) is 2. The second-order valence-corrected chi connectivity index (χ2v) is 6.39. The Bertz CT molecular complexity index is 753. The first kappa shape index (κ1) is 15.2. The highest BCUT2D eigenvalue weighted by Crippen LogP contribution is 2.16. The molecule has 110 valence electrons. The molecule has 0 bridgehead atoms. The van der Waals surface area contributed by atoms with E-state index >= 15 is 0 Å². The van der Waals surface area contributed by atoms with Crippen molar-refractivity contribution < 1.29 is 13.2 Å². The first-order valence-electron chi connectivity index (χ1n) is 6.34. The lowest BCUT2D eigenvalue weighted by molar-refractivity contribution is 0.102. The van der Waals surface area contributed by atoms with E-state index in [1.54, 1.807) is 0 Å². The Kier molecular flexibility index (Phi) is 4.40. The van der Waals surface area contributed by atoms with Gasteiger partial charge in [-0.25, -0.2) is 13.1 Å². The maximum Gasteiger partial charge on any atom is 0.255 e. The first-order chi connectivity index (χ1) is 9.94. The normalized spacial score (nSPS) is 11.1. The maximum atomic E-state index is 12.1. The van der Waals surface area contributed by atoms with Crippen LogP contribution in [-0.4, -0.2) is 21.4 Å². The zero-order chi connectivity index (χ0) is 15.5. The summed E-state index contributed by atoms with van der Waals surface area (Å²) >= 11 is 0. The van der Waals surface area contributed by atoms with E-state index < -0.39 is 10.0 Å². The molecule has 0 aliphatic carbocycles. The molecule has 5 nitrogen and oxygen atoms in total. The van der Waals surface area contributed by atoms with Crippen LogP contribution in [0.5, 0.6) is 0 Å². The summed E-state index contributed by atoms with van der Waals surface area (Å²) in [7, 11) is -2.15. The third kappa shape index (κ3) is 3.48. The summed E-state index contributed by atoms with van der Waals surface area (Å²) in [6, 6.07) is 13.2. The van der Waals surface area contributed by atoms with Crippen LogP contribution in [0.2, 0.25) is 0 Å². The number of benzene rings is 2. The predicted molar refractivity (Wildman–Crippen MR) is 81.8 cm³/mol.